The van der Waals surface area contributed by atoms with Crippen molar-refractivity contribution in [1.29, 1.82) is 0 Å². The number of pyridine rings is 1. The summed E-state index contributed by atoms with van der Waals surface area (Å²) in [5, 5.41) is 4.68. The van der Waals surface area contributed by atoms with E-state index in [-0.39, 0.29) is 0 Å². The summed E-state index contributed by atoms with van der Waals surface area (Å²) in [5.74, 6) is 0.652. The highest BCUT2D eigenvalue weighted by molar-refractivity contribution is 6.18. The summed E-state index contributed by atoms with van der Waals surface area (Å²) in [5.41, 5.74) is 2.32. The molecule has 0 saturated heterocycles. The van der Waals surface area contributed by atoms with Gasteiger partial charge in [-0.15, -0.1) is 11.6 Å². The molecule has 0 aliphatic rings. The van der Waals surface area contributed by atoms with Gasteiger partial charge in [0.05, 0.1) is 5.52 Å². The Balaban J connectivity index is 2.18. The second kappa shape index (κ2) is 5.99. The molecule has 0 aliphatic carbocycles. The number of aromatic nitrogens is 1. The fourth-order valence-electron chi connectivity index (χ4n) is 1.87. The molecular formula is C14H17ClN2. The molecule has 3 heteroatoms. The normalized spacial score (nSPS) is 12.8. The van der Waals surface area contributed by atoms with Gasteiger partial charge in [0.15, 0.2) is 0 Å². The molecule has 1 aromatic heterocycles. The Bertz CT molecular complexity index is 475. The van der Waals surface area contributed by atoms with Crippen LogP contribution in [-0.2, 0) is 6.54 Å². The maximum Gasteiger partial charge on any atom is 0.0705 e. The highest BCUT2D eigenvalue weighted by atomic mass is 35.5. The Labute approximate surface area is 107 Å². The molecule has 1 heterocycles. The van der Waals surface area contributed by atoms with Gasteiger partial charge < -0.3 is 5.32 Å². The monoisotopic (exact) mass is 248 g/mol. The van der Waals surface area contributed by atoms with Gasteiger partial charge in [0.1, 0.15) is 0 Å². The zero-order valence-electron chi connectivity index (χ0n) is 9.99. The van der Waals surface area contributed by atoms with Gasteiger partial charge in [-0.25, -0.2) is 0 Å². The van der Waals surface area contributed by atoms with Gasteiger partial charge >= 0.3 is 0 Å². The van der Waals surface area contributed by atoms with Crippen LogP contribution in [0.15, 0.2) is 36.5 Å². The van der Waals surface area contributed by atoms with Gasteiger partial charge in [-0.1, -0.05) is 25.1 Å². The summed E-state index contributed by atoms with van der Waals surface area (Å²) in [7, 11) is 0. The van der Waals surface area contributed by atoms with E-state index >= 15 is 0 Å². The van der Waals surface area contributed by atoms with Gasteiger partial charge in [-0.2, -0.15) is 0 Å². The van der Waals surface area contributed by atoms with Crippen LogP contribution < -0.4 is 5.32 Å². The van der Waals surface area contributed by atoms with Crippen LogP contribution in [0.2, 0.25) is 0 Å². The molecule has 0 saturated carbocycles. The molecule has 2 rings (SSSR count). The molecule has 1 unspecified atom stereocenters. The molecule has 0 amide bonds. The van der Waals surface area contributed by atoms with Crippen LogP contribution in [0.25, 0.3) is 10.9 Å². The number of para-hydroxylation sites is 1. The smallest absolute Gasteiger partial charge is 0.0705 e. The number of nitrogens with one attached hydrogen (secondary N) is 1. The predicted molar refractivity (Wildman–Crippen MR) is 73.4 cm³/mol. The third-order valence-corrected chi connectivity index (χ3v) is 3.37. The van der Waals surface area contributed by atoms with Crippen LogP contribution in [0, 0.1) is 0 Å². The molecule has 17 heavy (non-hydrogen) atoms. The molecule has 0 fully saturated rings. The second-order valence-corrected chi connectivity index (χ2v) is 4.44. The van der Waals surface area contributed by atoms with E-state index in [1.54, 1.807) is 0 Å². The van der Waals surface area contributed by atoms with E-state index in [2.05, 4.69) is 29.4 Å². The lowest BCUT2D eigenvalue weighted by Crippen LogP contribution is -2.29. The first-order chi connectivity index (χ1) is 8.35. The van der Waals surface area contributed by atoms with Crippen LogP contribution in [-0.4, -0.2) is 16.9 Å². The molecule has 0 bridgehead atoms. The van der Waals surface area contributed by atoms with Crippen molar-refractivity contribution in [2.24, 2.45) is 0 Å². The van der Waals surface area contributed by atoms with E-state index in [0.717, 1.165) is 18.5 Å². The minimum Gasteiger partial charge on any atom is -0.309 e. The van der Waals surface area contributed by atoms with Crippen molar-refractivity contribution in [3.8, 4) is 0 Å². The van der Waals surface area contributed by atoms with Crippen molar-refractivity contribution < 1.29 is 0 Å². The summed E-state index contributed by atoms with van der Waals surface area (Å²) in [6.45, 7) is 2.99. The number of nitrogens with zero attached hydrogens (tertiary/aromatic N) is 1. The topological polar surface area (TPSA) is 24.9 Å². The Kier molecular flexibility index (Phi) is 4.35. The van der Waals surface area contributed by atoms with Crippen molar-refractivity contribution >= 4 is 22.5 Å². The minimum atomic E-state index is 0.378. The summed E-state index contributed by atoms with van der Waals surface area (Å²) in [4.78, 5) is 4.36. The van der Waals surface area contributed by atoms with E-state index in [9.17, 15) is 0 Å². The van der Waals surface area contributed by atoms with Crippen molar-refractivity contribution in [2.75, 3.05) is 5.88 Å². The molecule has 0 radical (unpaired) electrons. The Hall–Kier alpha value is -1.12. The quantitative estimate of drug-likeness (QED) is 0.821. The molecule has 2 nitrogen and oxygen atoms in total. The first-order valence-corrected chi connectivity index (χ1v) is 6.50. The maximum absolute atomic E-state index is 5.88. The maximum atomic E-state index is 5.88. The number of hydrogen-bond acceptors (Lipinski definition) is 2. The van der Waals surface area contributed by atoms with E-state index in [1.807, 2.05) is 24.4 Å². The lowest BCUT2D eigenvalue weighted by atomic mass is 10.1. The number of alkyl halides is 1. The molecule has 1 atom stereocenters. The van der Waals surface area contributed by atoms with E-state index in [0.29, 0.717) is 11.9 Å². The highest BCUT2D eigenvalue weighted by Crippen LogP contribution is 2.16. The van der Waals surface area contributed by atoms with Crippen LogP contribution in [0.5, 0.6) is 0 Å². The Morgan fingerprint density at radius 3 is 2.88 bits per heavy atom. The minimum absolute atomic E-state index is 0.378. The lowest BCUT2D eigenvalue weighted by molar-refractivity contribution is 0.540. The van der Waals surface area contributed by atoms with Gasteiger partial charge in [0.25, 0.3) is 0 Å². The van der Waals surface area contributed by atoms with Crippen molar-refractivity contribution in [1.82, 2.24) is 10.3 Å². The molecule has 0 aliphatic heterocycles. The molecule has 1 N–H and O–H groups in total. The SMILES string of the molecule is CCC(CCl)NCc1ccnc2ccccc12. The third-order valence-electron chi connectivity index (χ3n) is 3.00. The van der Waals surface area contributed by atoms with Gasteiger partial charge in [0, 0.05) is 30.0 Å². The lowest BCUT2D eigenvalue weighted by Gasteiger charge is -2.14. The van der Waals surface area contributed by atoms with Gasteiger partial charge in [-0.3, -0.25) is 4.98 Å². The Morgan fingerprint density at radius 1 is 1.29 bits per heavy atom. The number of rotatable bonds is 5. The van der Waals surface area contributed by atoms with Crippen LogP contribution in [0.3, 0.4) is 0 Å². The first kappa shape index (κ1) is 12.3. The van der Waals surface area contributed by atoms with E-state index < -0.39 is 0 Å². The fourth-order valence-corrected chi connectivity index (χ4v) is 2.20. The number of halogens is 1. The predicted octanol–water partition coefficient (Wildman–Crippen LogP) is 3.34. The molecule has 90 valence electrons. The molecule has 0 spiro atoms. The molecule has 1 aromatic carbocycles. The van der Waals surface area contributed by atoms with E-state index in [4.69, 9.17) is 11.6 Å². The summed E-state index contributed by atoms with van der Waals surface area (Å²) >= 11 is 5.88. The van der Waals surface area contributed by atoms with E-state index in [1.165, 1.54) is 10.9 Å². The highest BCUT2D eigenvalue weighted by Gasteiger charge is 2.05. The standard InChI is InChI=1S/C14H17ClN2/c1-2-12(9-15)17-10-11-7-8-16-14-6-4-3-5-13(11)14/h3-8,12,17H,2,9-10H2,1H3. The molecular weight excluding hydrogens is 232 g/mol. The van der Waals surface area contributed by atoms with Crippen molar-refractivity contribution in [3.05, 3.63) is 42.1 Å². The third kappa shape index (κ3) is 2.96. The van der Waals surface area contributed by atoms with Gasteiger partial charge in [0.2, 0.25) is 0 Å². The second-order valence-electron chi connectivity index (χ2n) is 4.13. The van der Waals surface area contributed by atoms with Crippen LogP contribution >= 0.6 is 11.6 Å². The zero-order chi connectivity index (χ0) is 12.1. The van der Waals surface area contributed by atoms with Gasteiger partial charge in [-0.05, 0) is 24.1 Å². The van der Waals surface area contributed by atoms with Crippen molar-refractivity contribution in [3.63, 3.8) is 0 Å². The average molecular weight is 249 g/mol. The Morgan fingerprint density at radius 2 is 2.12 bits per heavy atom. The number of fused-ring (bicyclic) bond motifs is 1. The first-order valence-electron chi connectivity index (χ1n) is 5.97. The summed E-state index contributed by atoms with van der Waals surface area (Å²) in [6.07, 6.45) is 2.91. The van der Waals surface area contributed by atoms with Crippen LogP contribution in [0.1, 0.15) is 18.9 Å². The average Bonchev–Trinajstić information content (AvgIpc) is 2.40. The summed E-state index contributed by atoms with van der Waals surface area (Å²) in [6, 6.07) is 10.7. The fraction of sp³-hybridized carbons (Fsp3) is 0.357. The number of benzene rings is 1. The zero-order valence-corrected chi connectivity index (χ0v) is 10.7. The largest absolute Gasteiger partial charge is 0.309 e. The van der Waals surface area contributed by atoms with Crippen LogP contribution in [0.4, 0.5) is 0 Å². The van der Waals surface area contributed by atoms with Crippen molar-refractivity contribution in [2.45, 2.75) is 25.9 Å². The summed E-state index contributed by atoms with van der Waals surface area (Å²) < 4.78 is 0. The number of hydrogen-bond donors (Lipinski definition) is 1. The molecule has 2 aromatic rings.